The lowest BCUT2D eigenvalue weighted by Gasteiger charge is -2.32. The summed E-state index contributed by atoms with van der Waals surface area (Å²) in [6, 6.07) is 15.2. The van der Waals surface area contributed by atoms with Crippen molar-refractivity contribution in [3.05, 3.63) is 69.8 Å². The van der Waals surface area contributed by atoms with Crippen LogP contribution in [0.15, 0.2) is 48.5 Å². The number of carbonyl (C=O) groups is 1. The van der Waals surface area contributed by atoms with E-state index in [-0.39, 0.29) is 11.6 Å². The summed E-state index contributed by atoms with van der Waals surface area (Å²) < 4.78 is 5.33. The van der Waals surface area contributed by atoms with Crippen molar-refractivity contribution in [2.75, 3.05) is 44.3 Å². The Bertz CT molecular complexity index is 873. The van der Waals surface area contributed by atoms with Gasteiger partial charge in [0.05, 0.1) is 18.1 Å². The summed E-state index contributed by atoms with van der Waals surface area (Å²) in [5.41, 5.74) is 2.23. The third kappa shape index (κ3) is 4.24. The molecule has 7 nitrogen and oxygen atoms in total. The molecular formula is C22H25N3O4. The van der Waals surface area contributed by atoms with Crippen LogP contribution in [-0.2, 0) is 4.74 Å². The van der Waals surface area contributed by atoms with Crippen molar-refractivity contribution in [2.45, 2.75) is 18.8 Å². The molecule has 29 heavy (non-hydrogen) atoms. The van der Waals surface area contributed by atoms with Gasteiger partial charge in [0.15, 0.2) is 0 Å². The predicted octanol–water partition coefficient (Wildman–Crippen LogP) is 3.45. The molecule has 152 valence electrons. The lowest BCUT2D eigenvalue weighted by atomic mass is 9.89. The summed E-state index contributed by atoms with van der Waals surface area (Å²) in [5.74, 6) is 0.325. The van der Waals surface area contributed by atoms with E-state index < -0.39 is 4.92 Å². The fraction of sp³-hybridized carbons (Fsp3) is 0.409. The van der Waals surface area contributed by atoms with Crippen molar-refractivity contribution < 1.29 is 14.5 Å². The number of carbonyl (C=O) groups excluding carboxylic acids is 1. The van der Waals surface area contributed by atoms with Gasteiger partial charge >= 0.3 is 0 Å². The Labute approximate surface area is 170 Å². The summed E-state index contributed by atoms with van der Waals surface area (Å²) in [6.07, 6.45) is 1.81. The van der Waals surface area contributed by atoms with Crippen molar-refractivity contribution in [3.8, 4) is 0 Å². The Hall–Kier alpha value is -2.93. The normalized spacial score (nSPS) is 17.9. The molecule has 0 bridgehead atoms. The maximum absolute atomic E-state index is 13.0. The molecule has 2 fully saturated rings. The van der Waals surface area contributed by atoms with Crippen molar-refractivity contribution >= 4 is 17.3 Å². The summed E-state index contributed by atoms with van der Waals surface area (Å²) >= 11 is 0. The predicted molar refractivity (Wildman–Crippen MR) is 110 cm³/mol. The summed E-state index contributed by atoms with van der Waals surface area (Å²) in [7, 11) is 0. The first-order valence-electron chi connectivity index (χ1n) is 10.1. The zero-order valence-electron chi connectivity index (χ0n) is 16.3. The maximum Gasteiger partial charge on any atom is 0.293 e. The molecular weight excluding hydrogens is 370 g/mol. The monoisotopic (exact) mass is 395 g/mol. The minimum Gasteiger partial charge on any atom is -0.378 e. The molecule has 2 aromatic rings. The summed E-state index contributed by atoms with van der Waals surface area (Å²) in [4.78, 5) is 28.0. The number of anilines is 1. The number of nitro benzene ring substituents is 1. The SMILES string of the molecule is O=C(c1ccc(N2CCOCC2)c([N+](=O)[O-])c1)N1CCC(c2ccccc2)CC1. The van der Waals surface area contributed by atoms with E-state index in [9.17, 15) is 14.9 Å². The highest BCUT2D eigenvalue weighted by Crippen LogP contribution is 2.32. The largest absolute Gasteiger partial charge is 0.378 e. The smallest absolute Gasteiger partial charge is 0.293 e. The van der Waals surface area contributed by atoms with Crippen LogP contribution in [0, 0.1) is 10.1 Å². The topological polar surface area (TPSA) is 75.9 Å². The third-order valence-electron chi connectivity index (χ3n) is 5.82. The van der Waals surface area contributed by atoms with Crippen LogP contribution in [-0.4, -0.2) is 55.1 Å². The average Bonchev–Trinajstić information content (AvgIpc) is 2.79. The number of amides is 1. The van der Waals surface area contributed by atoms with Gasteiger partial charge in [0.2, 0.25) is 0 Å². The first kappa shape index (κ1) is 19.4. The van der Waals surface area contributed by atoms with Crippen LogP contribution in [0.5, 0.6) is 0 Å². The number of benzene rings is 2. The number of nitro groups is 1. The highest BCUT2D eigenvalue weighted by atomic mass is 16.6. The highest BCUT2D eigenvalue weighted by molar-refractivity contribution is 5.96. The van der Waals surface area contributed by atoms with Crippen molar-refractivity contribution in [2.24, 2.45) is 0 Å². The number of rotatable bonds is 4. The van der Waals surface area contributed by atoms with Gasteiger partial charge in [0.1, 0.15) is 5.69 Å². The lowest BCUT2D eigenvalue weighted by Crippen LogP contribution is -2.38. The van der Waals surface area contributed by atoms with E-state index in [0.29, 0.717) is 56.6 Å². The molecule has 0 N–H and O–H groups in total. The zero-order chi connectivity index (χ0) is 20.2. The van der Waals surface area contributed by atoms with Gasteiger partial charge in [-0.05, 0) is 36.5 Å². The quantitative estimate of drug-likeness (QED) is 0.585. The van der Waals surface area contributed by atoms with E-state index >= 15 is 0 Å². The average molecular weight is 395 g/mol. The van der Waals surface area contributed by atoms with E-state index in [1.54, 1.807) is 12.1 Å². The van der Waals surface area contributed by atoms with Gasteiger partial charge in [-0.3, -0.25) is 14.9 Å². The zero-order valence-corrected chi connectivity index (χ0v) is 16.3. The molecule has 1 amide bonds. The molecule has 4 rings (SSSR count). The van der Waals surface area contributed by atoms with Crippen LogP contribution in [0.4, 0.5) is 11.4 Å². The second-order valence-corrected chi connectivity index (χ2v) is 7.54. The molecule has 0 saturated carbocycles. The number of likely N-dealkylation sites (tertiary alicyclic amines) is 1. The molecule has 0 radical (unpaired) electrons. The lowest BCUT2D eigenvalue weighted by molar-refractivity contribution is -0.384. The van der Waals surface area contributed by atoms with E-state index in [2.05, 4.69) is 12.1 Å². The van der Waals surface area contributed by atoms with Crippen LogP contribution < -0.4 is 4.90 Å². The summed E-state index contributed by atoms with van der Waals surface area (Å²) in [5, 5.41) is 11.6. The molecule has 2 aliphatic heterocycles. The fourth-order valence-corrected chi connectivity index (χ4v) is 4.20. The first-order valence-corrected chi connectivity index (χ1v) is 10.1. The molecule has 2 aliphatic rings. The number of piperidine rings is 1. The van der Waals surface area contributed by atoms with Gasteiger partial charge < -0.3 is 14.5 Å². The minimum atomic E-state index is -0.400. The molecule has 2 aromatic carbocycles. The number of hydrogen-bond donors (Lipinski definition) is 0. The molecule has 7 heteroatoms. The maximum atomic E-state index is 13.0. The van der Waals surface area contributed by atoms with E-state index in [0.717, 1.165) is 12.8 Å². The minimum absolute atomic E-state index is 0.0167. The third-order valence-corrected chi connectivity index (χ3v) is 5.82. The van der Waals surface area contributed by atoms with Crippen molar-refractivity contribution in [1.82, 2.24) is 4.90 Å². The van der Waals surface area contributed by atoms with Crippen LogP contribution in [0.25, 0.3) is 0 Å². The highest BCUT2D eigenvalue weighted by Gasteiger charge is 2.27. The molecule has 0 atom stereocenters. The van der Waals surface area contributed by atoms with Gasteiger partial charge in [-0.2, -0.15) is 0 Å². The van der Waals surface area contributed by atoms with Gasteiger partial charge in [-0.15, -0.1) is 0 Å². The Kier molecular flexibility index (Phi) is 5.76. The van der Waals surface area contributed by atoms with Crippen molar-refractivity contribution in [3.63, 3.8) is 0 Å². The number of hydrogen-bond acceptors (Lipinski definition) is 5. The first-order chi connectivity index (χ1) is 14.1. The molecule has 0 spiro atoms. The second-order valence-electron chi connectivity index (χ2n) is 7.54. The van der Waals surface area contributed by atoms with E-state index in [1.165, 1.54) is 11.6 Å². The number of morpholine rings is 1. The Morgan fingerprint density at radius 1 is 1.00 bits per heavy atom. The van der Waals surface area contributed by atoms with Crippen LogP contribution in [0.1, 0.15) is 34.7 Å². The Morgan fingerprint density at radius 2 is 1.69 bits per heavy atom. The van der Waals surface area contributed by atoms with Crippen molar-refractivity contribution in [1.29, 1.82) is 0 Å². The van der Waals surface area contributed by atoms with Crippen LogP contribution in [0.3, 0.4) is 0 Å². The standard InChI is InChI=1S/C22H25N3O4/c26-22(24-10-8-18(9-11-24)17-4-2-1-3-5-17)19-6-7-20(21(16-19)25(27)28)23-12-14-29-15-13-23/h1-7,16,18H,8-15H2. The van der Waals surface area contributed by atoms with E-state index in [1.807, 2.05) is 28.0 Å². The van der Waals surface area contributed by atoms with Gasteiger partial charge in [-0.1, -0.05) is 30.3 Å². The molecule has 0 unspecified atom stereocenters. The van der Waals surface area contributed by atoms with Crippen LogP contribution in [0.2, 0.25) is 0 Å². The summed E-state index contributed by atoms with van der Waals surface area (Å²) in [6.45, 7) is 3.65. The second kappa shape index (κ2) is 8.61. The number of nitrogens with zero attached hydrogens (tertiary/aromatic N) is 3. The van der Waals surface area contributed by atoms with Gasteiger partial charge in [0.25, 0.3) is 11.6 Å². The molecule has 0 aliphatic carbocycles. The van der Waals surface area contributed by atoms with E-state index in [4.69, 9.17) is 4.74 Å². The van der Waals surface area contributed by atoms with Crippen LogP contribution >= 0.6 is 0 Å². The Morgan fingerprint density at radius 3 is 2.34 bits per heavy atom. The molecule has 0 aromatic heterocycles. The van der Waals surface area contributed by atoms with Gasteiger partial charge in [-0.25, -0.2) is 0 Å². The molecule has 2 heterocycles. The van der Waals surface area contributed by atoms with Gasteiger partial charge in [0, 0.05) is 37.8 Å². The molecule has 2 saturated heterocycles. The fourth-order valence-electron chi connectivity index (χ4n) is 4.20. The number of ether oxygens (including phenoxy) is 1. The Balaban J connectivity index is 1.47.